The Morgan fingerprint density at radius 2 is 2.29 bits per heavy atom. The summed E-state index contributed by atoms with van der Waals surface area (Å²) in [6.45, 7) is 1.88. The van der Waals surface area contributed by atoms with Crippen LogP contribution in [0, 0.1) is 0 Å². The first-order valence-electron chi connectivity index (χ1n) is 8.60. The van der Waals surface area contributed by atoms with Gasteiger partial charge >= 0.3 is 18.2 Å². The summed E-state index contributed by atoms with van der Waals surface area (Å²) in [5.74, 6) is 0.117. The van der Waals surface area contributed by atoms with Crippen molar-refractivity contribution in [3.63, 3.8) is 0 Å². The van der Waals surface area contributed by atoms with Gasteiger partial charge < -0.3 is 24.2 Å². The molecule has 2 aliphatic heterocycles. The number of ether oxygens (including phenoxy) is 2. The van der Waals surface area contributed by atoms with Gasteiger partial charge in [-0.1, -0.05) is 16.5 Å². The Labute approximate surface area is 162 Å². The summed E-state index contributed by atoms with van der Waals surface area (Å²) in [7, 11) is 1.56. The summed E-state index contributed by atoms with van der Waals surface area (Å²) >= 11 is 1.36. The maximum absolute atomic E-state index is 12.8. The molecule has 4 rings (SSSR count). The van der Waals surface area contributed by atoms with Gasteiger partial charge in [-0.2, -0.15) is 13.8 Å². The van der Waals surface area contributed by atoms with Crippen molar-refractivity contribution in [3.05, 3.63) is 16.4 Å². The molecule has 0 aromatic carbocycles. The van der Waals surface area contributed by atoms with E-state index in [9.17, 15) is 13.6 Å². The number of rotatable bonds is 6. The van der Waals surface area contributed by atoms with E-state index in [0.717, 1.165) is 10.6 Å². The van der Waals surface area contributed by atoms with Crippen LogP contribution in [-0.2, 0) is 22.4 Å². The van der Waals surface area contributed by atoms with Crippen LogP contribution in [-0.4, -0.2) is 54.1 Å². The van der Waals surface area contributed by atoms with E-state index in [0.29, 0.717) is 37.8 Å². The molecule has 1 unspecified atom stereocenters. The van der Waals surface area contributed by atoms with Crippen molar-refractivity contribution < 1.29 is 27.6 Å². The van der Waals surface area contributed by atoms with Crippen molar-refractivity contribution in [2.24, 2.45) is 0 Å². The number of hydrogen-bond donors (Lipinski definition) is 2. The molecule has 0 saturated carbocycles. The monoisotopic (exact) mass is 416 g/mol. The minimum atomic E-state index is -3.12. The van der Waals surface area contributed by atoms with Crippen LogP contribution in [0.25, 0.3) is 0 Å². The van der Waals surface area contributed by atoms with Gasteiger partial charge in [0.25, 0.3) is 0 Å². The molecule has 1 atom stereocenters. The first-order valence-corrected chi connectivity index (χ1v) is 9.42. The van der Waals surface area contributed by atoms with Gasteiger partial charge in [0, 0.05) is 31.5 Å². The lowest BCUT2D eigenvalue weighted by Gasteiger charge is -2.32. The largest absolute Gasteiger partial charge is 0.383 e. The Morgan fingerprint density at radius 3 is 3.04 bits per heavy atom. The van der Waals surface area contributed by atoms with Crippen molar-refractivity contribution >= 4 is 28.5 Å². The van der Waals surface area contributed by atoms with Crippen LogP contribution in [0.1, 0.15) is 28.9 Å². The number of thiazole rings is 1. The van der Waals surface area contributed by atoms with E-state index < -0.39 is 18.6 Å². The summed E-state index contributed by atoms with van der Waals surface area (Å²) in [4.78, 5) is 23.2. The fraction of sp³-hybridized carbons (Fsp3) is 0.600. The molecule has 28 heavy (non-hydrogen) atoms. The molecule has 4 heterocycles. The molecule has 0 aliphatic carbocycles. The van der Waals surface area contributed by atoms with Crippen molar-refractivity contribution in [2.75, 3.05) is 37.0 Å². The Balaban J connectivity index is 1.35. The maximum Gasteiger partial charge on any atom is 0.359 e. The van der Waals surface area contributed by atoms with Crippen molar-refractivity contribution in [1.82, 2.24) is 20.4 Å². The van der Waals surface area contributed by atoms with Crippen LogP contribution in [0.2, 0.25) is 0 Å². The molecule has 2 aliphatic rings. The van der Waals surface area contributed by atoms with Crippen LogP contribution in [0.15, 0.2) is 4.52 Å². The van der Waals surface area contributed by atoms with Gasteiger partial charge in [-0.25, -0.2) is 9.78 Å². The fourth-order valence-corrected chi connectivity index (χ4v) is 3.88. The summed E-state index contributed by atoms with van der Waals surface area (Å²) in [5.41, 5.74) is 0.898. The van der Waals surface area contributed by atoms with Crippen molar-refractivity contribution in [3.8, 4) is 0 Å². The normalized spacial score (nSPS) is 20.4. The van der Waals surface area contributed by atoms with Gasteiger partial charge in [-0.05, 0) is 0 Å². The number of aromatic nitrogens is 3. The van der Waals surface area contributed by atoms with E-state index >= 15 is 0 Å². The number of carbonyl (C=O) groups is 1. The molecule has 2 aromatic rings. The fourth-order valence-electron chi connectivity index (χ4n) is 2.86. The molecule has 1 saturated heterocycles. The van der Waals surface area contributed by atoms with E-state index in [2.05, 4.69) is 30.5 Å². The van der Waals surface area contributed by atoms with E-state index in [1.807, 2.05) is 4.90 Å². The SMILES string of the molecule is COCCNC(=O)Nc1nc2c(s1)CN(c1nc(C3CC(F)(F)O3)no1)CC2. The third-order valence-electron chi connectivity index (χ3n) is 4.27. The highest BCUT2D eigenvalue weighted by Crippen LogP contribution is 2.44. The zero-order valence-corrected chi connectivity index (χ0v) is 15.7. The minimum Gasteiger partial charge on any atom is -0.383 e. The summed E-state index contributed by atoms with van der Waals surface area (Å²) in [6.07, 6.45) is -3.78. The third kappa shape index (κ3) is 4.05. The lowest BCUT2D eigenvalue weighted by molar-refractivity contribution is -0.356. The quantitative estimate of drug-likeness (QED) is 0.687. The predicted octanol–water partition coefficient (Wildman–Crippen LogP) is 1.91. The highest BCUT2D eigenvalue weighted by atomic mass is 32.1. The number of carbonyl (C=O) groups excluding carboxylic acids is 1. The predicted molar refractivity (Wildman–Crippen MR) is 93.5 cm³/mol. The number of hydrogen-bond acceptors (Lipinski definition) is 9. The number of alkyl halides is 2. The first-order chi connectivity index (χ1) is 13.4. The number of anilines is 2. The van der Waals surface area contributed by atoms with E-state index in [1.54, 1.807) is 7.11 Å². The zero-order valence-electron chi connectivity index (χ0n) is 14.9. The maximum atomic E-state index is 12.8. The topological polar surface area (TPSA) is 115 Å². The Bertz CT molecular complexity index is 851. The second-order valence-electron chi connectivity index (χ2n) is 6.32. The highest BCUT2D eigenvalue weighted by molar-refractivity contribution is 7.15. The Hall–Kier alpha value is -2.38. The Morgan fingerprint density at radius 1 is 1.46 bits per heavy atom. The molecule has 1 fully saturated rings. The number of nitrogens with one attached hydrogen (secondary N) is 2. The Kier molecular flexibility index (Phi) is 5.12. The molecule has 152 valence electrons. The lowest BCUT2D eigenvalue weighted by Crippen LogP contribution is -2.38. The molecule has 0 radical (unpaired) electrons. The summed E-state index contributed by atoms with van der Waals surface area (Å²) < 4.78 is 40.2. The third-order valence-corrected chi connectivity index (χ3v) is 5.27. The molecule has 2 aromatic heterocycles. The van der Waals surface area contributed by atoms with Gasteiger partial charge in [0.2, 0.25) is 5.82 Å². The molecule has 0 bridgehead atoms. The molecular weight excluding hydrogens is 398 g/mol. The van der Waals surface area contributed by atoms with E-state index in [1.165, 1.54) is 11.3 Å². The van der Waals surface area contributed by atoms with Gasteiger partial charge in [0.1, 0.15) is 6.10 Å². The first kappa shape index (κ1) is 19.0. The molecule has 13 heteroatoms. The average Bonchev–Trinajstić information content (AvgIpc) is 3.25. The lowest BCUT2D eigenvalue weighted by atomic mass is 10.1. The number of fused-ring (bicyclic) bond motifs is 1. The molecule has 2 N–H and O–H groups in total. The van der Waals surface area contributed by atoms with Gasteiger partial charge in [0.05, 0.1) is 25.3 Å². The molecule has 10 nitrogen and oxygen atoms in total. The van der Waals surface area contributed by atoms with Crippen LogP contribution >= 0.6 is 11.3 Å². The smallest absolute Gasteiger partial charge is 0.359 e. The van der Waals surface area contributed by atoms with Crippen molar-refractivity contribution in [1.29, 1.82) is 0 Å². The molecule has 0 spiro atoms. The number of halogens is 2. The van der Waals surface area contributed by atoms with Gasteiger partial charge in [-0.3, -0.25) is 5.32 Å². The second kappa shape index (κ2) is 7.56. The van der Waals surface area contributed by atoms with Crippen molar-refractivity contribution in [2.45, 2.75) is 31.6 Å². The van der Waals surface area contributed by atoms with Gasteiger partial charge in [0.15, 0.2) is 5.13 Å². The van der Waals surface area contributed by atoms with Crippen LogP contribution in [0.3, 0.4) is 0 Å². The number of amides is 2. The number of nitrogens with zero attached hydrogens (tertiary/aromatic N) is 4. The van der Waals surface area contributed by atoms with E-state index in [-0.39, 0.29) is 17.9 Å². The van der Waals surface area contributed by atoms with E-state index in [4.69, 9.17) is 9.26 Å². The standard InChI is InChI=1S/C15H18F2N6O4S/c1-25-5-3-18-12(24)21-13-19-8-2-4-23(7-10(8)28-13)14-20-11(22-27-14)9-6-15(16,17)26-9/h9H,2-7H2,1H3,(H2,18,19,21,24). The van der Waals surface area contributed by atoms with Crippen LogP contribution in [0.5, 0.6) is 0 Å². The van der Waals surface area contributed by atoms with Crippen LogP contribution < -0.4 is 15.5 Å². The summed E-state index contributed by atoms with van der Waals surface area (Å²) in [5, 5.41) is 9.60. The van der Waals surface area contributed by atoms with Gasteiger partial charge in [-0.15, -0.1) is 0 Å². The zero-order chi connectivity index (χ0) is 19.7. The molecular formula is C15H18F2N6O4S. The summed E-state index contributed by atoms with van der Waals surface area (Å²) in [6, 6.07) is -0.0986. The number of methoxy groups -OCH3 is 1. The highest BCUT2D eigenvalue weighted by Gasteiger charge is 2.50. The molecule has 2 amide bonds. The van der Waals surface area contributed by atoms with Crippen LogP contribution in [0.4, 0.5) is 24.7 Å². The minimum absolute atomic E-state index is 0.117. The number of urea groups is 1. The average molecular weight is 416 g/mol. The second-order valence-corrected chi connectivity index (χ2v) is 7.40.